The Balaban J connectivity index is 2.65. The van der Waals surface area contributed by atoms with E-state index in [9.17, 15) is 4.79 Å². The molecule has 3 nitrogen and oxygen atoms in total. The number of benzene rings is 1. The summed E-state index contributed by atoms with van der Waals surface area (Å²) in [6.45, 7) is 1.45. The van der Waals surface area contributed by atoms with E-state index < -0.39 is 0 Å². The lowest BCUT2D eigenvalue weighted by Gasteiger charge is -2.08. The molecule has 0 saturated carbocycles. The van der Waals surface area contributed by atoms with E-state index in [-0.39, 0.29) is 18.5 Å². The van der Waals surface area contributed by atoms with Crippen LogP contribution < -0.4 is 0 Å². The molecule has 1 unspecified atom stereocenters. The quantitative estimate of drug-likeness (QED) is 0.682. The molecular weight excluding hydrogens is 178 g/mol. The highest BCUT2D eigenvalue weighted by Crippen LogP contribution is 2.14. The van der Waals surface area contributed by atoms with Crippen molar-refractivity contribution >= 4 is 5.97 Å². The summed E-state index contributed by atoms with van der Waals surface area (Å²) in [5.74, 6) is -0.735. The van der Waals surface area contributed by atoms with Crippen LogP contribution in [0.2, 0.25) is 0 Å². The standard InChI is InChI=1S/C11H11NO2/c1-9(13)14-8-11(7-12)10-5-3-2-4-6-10/h2-6,11H,8H2,1H3. The van der Waals surface area contributed by atoms with Gasteiger partial charge < -0.3 is 4.74 Å². The lowest BCUT2D eigenvalue weighted by molar-refractivity contribution is -0.141. The highest BCUT2D eigenvalue weighted by atomic mass is 16.5. The van der Waals surface area contributed by atoms with Crippen LogP contribution in [0.5, 0.6) is 0 Å². The Hall–Kier alpha value is -1.82. The molecular formula is C11H11NO2. The highest BCUT2D eigenvalue weighted by molar-refractivity contribution is 5.66. The van der Waals surface area contributed by atoms with E-state index in [1.165, 1.54) is 6.92 Å². The molecule has 0 heterocycles. The summed E-state index contributed by atoms with van der Waals surface area (Å²) in [4.78, 5) is 10.6. The zero-order valence-electron chi connectivity index (χ0n) is 7.93. The Bertz CT molecular complexity index is 340. The van der Waals surface area contributed by atoms with Crippen molar-refractivity contribution in [3.05, 3.63) is 35.9 Å². The molecule has 0 spiro atoms. The molecule has 0 aromatic heterocycles. The van der Waals surface area contributed by atoms with Gasteiger partial charge in [-0.2, -0.15) is 5.26 Å². The van der Waals surface area contributed by atoms with Gasteiger partial charge >= 0.3 is 5.97 Å². The third kappa shape index (κ3) is 2.91. The molecule has 0 radical (unpaired) electrons. The fraction of sp³-hybridized carbons (Fsp3) is 0.273. The van der Waals surface area contributed by atoms with Crippen LogP contribution in [0.4, 0.5) is 0 Å². The lowest BCUT2D eigenvalue weighted by atomic mass is 10.0. The zero-order chi connectivity index (χ0) is 10.4. The van der Waals surface area contributed by atoms with Gasteiger partial charge in [0.25, 0.3) is 0 Å². The number of hydrogen-bond donors (Lipinski definition) is 0. The normalized spacial score (nSPS) is 11.4. The van der Waals surface area contributed by atoms with Crippen molar-refractivity contribution in [3.63, 3.8) is 0 Å². The molecule has 14 heavy (non-hydrogen) atoms. The molecule has 72 valence electrons. The van der Waals surface area contributed by atoms with Gasteiger partial charge in [-0.05, 0) is 5.56 Å². The van der Waals surface area contributed by atoms with E-state index in [1.807, 2.05) is 30.3 Å². The number of hydrogen-bond acceptors (Lipinski definition) is 3. The predicted octanol–water partition coefficient (Wildman–Crippen LogP) is 1.86. The van der Waals surface area contributed by atoms with Crippen molar-refractivity contribution in [2.45, 2.75) is 12.8 Å². The van der Waals surface area contributed by atoms with E-state index in [2.05, 4.69) is 6.07 Å². The van der Waals surface area contributed by atoms with Crippen LogP contribution in [0.1, 0.15) is 18.4 Å². The Labute approximate surface area is 82.9 Å². The van der Waals surface area contributed by atoms with E-state index in [4.69, 9.17) is 10.00 Å². The first-order valence-electron chi connectivity index (χ1n) is 4.32. The van der Waals surface area contributed by atoms with E-state index in [1.54, 1.807) is 0 Å². The molecule has 0 N–H and O–H groups in total. The second kappa shape index (κ2) is 5.03. The molecule has 0 saturated heterocycles. The number of nitrogens with zero attached hydrogens (tertiary/aromatic N) is 1. The van der Waals surface area contributed by atoms with Crippen molar-refractivity contribution < 1.29 is 9.53 Å². The topological polar surface area (TPSA) is 50.1 Å². The number of nitriles is 1. The van der Waals surface area contributed by atoms with Crippen molar-refractivity contribution in [1.29, 1.82) is 5.26 Å². The summed E-state index contributed by atoms with van der Waals surface area (Å²) in [5, 5.41) is 8.85. The first-order chi connectivity index (χ1) is 6.74. The fourth-order valence-corrected chi connectivity index (χ4v) is 1.09. The van der Waals surface area contributed by atoms with Gasteiger partial charge in [0, 0.05) is 6.92 Å². The number of rotatable bonds is 3. The van der Waals surface area contributed by atoms with Crippen LogP contribution in [-0.2, 0) is 9.53 Å². The summed E-state index contributed by atoms with van der Waals surface area (Å²) in [6.07, 6.45) is 0. The van der Waals surface area contributed by atoms with Crippen molar-refractivity contribution in [2.24, 2.45) is 0 Å². The number of esters is 1. The third-order valence-corrected chi connectivity index (χ3v) is 1.81. The van der Waals surface area contributed by atoms with Crippen LogP contribution in [0.3, 0.4) is 0 Å². The third-order valence-electron chi connectivity index (χ3n) is 1.81. The van der Waals surface area contributed by atoms with Crippen LogP contribution in [0.15, 0.2) is 30.3 Å². The average Bonchev–Trinajstić information content (AvgIpc) is 2.20. The Morgan fingerprint density at radius 1 is 1.50 bits per heavy atom. The molecule has 1 aromatic carbocycles. The fourth-order valence-electron chi connectivity index (χ4n) is 1.09. The monoisotopic (exact) mass is 189 g/mol. The maximum atomic E-state index is 10.6. The number of carbonyl (C=O) groups excluding carboxylic acids is 1. The van der Waals surface area contributed by atoms with Gasteiger partial charge in [-0.15, -0.1) is 0 Å². The molecule has 0 amide bonds. The Morgan fingerprint density at radius 3 is 2.64 bits per heavy atom. The van der Waals surface area contributed by atoms with Crippen LogP contribution >= 0.6 is 0 Å². The maximum Gasteiger partial charge on any atom is 0.302 e. The molecule has 3 heteroatoms. The van der Waals surface area contributed by atoms with Gasteiger partial charge in [0.15, 0.2) is 0 Å². The second-order valence-corrected chi connectivity index (χ2v) is 2.89. The maximum absolute atomic E-state index is 10.6. The van der Waals surface area contributed by atoms with Gasteiger partial charge in [0.1, 0.15) is 12.5 Å². The van der Waals surface area contributed by atoms with Gasteiger partial charge in [-0.3, -0.25) is 4.79 Å². The summed E-state index contributed by atoms with van der Waals surface area (Å²) >= 11 is 0. The highest BCUT2D eigenvalue weighted by Gasteiger charge is 2.11. The minimum Gasteiger partial charge on any atom is -0.464 e. The van der Waals surface area contributed by atoms with Gasteiger partial charge in [0.2, 0.25) is 0 Å². The SMILES string of the molecule is CC(=O)OCC(C#N)c1ccccc1. The largest absolute Gasteiger partial charge is 0.464 e. The molecule has 1 atom stereocenters. The lowest BCUT2D eigenvalue weighted by Crippen LogP contribution is -2.08. The smallest absolute Gasteiger partial charge is 0.302 e. The molecule has 0 bridgehead atoms. The molecule has 1 aromatic rings. The van der Waals surface area contributed by atoms with E-state index in [0.29, 0.717) is 0 Å². The van der Waals surface area contributed by atoms with Crippen LogP contribution in [-0.4, -0.2) is 12.6 Å². The molecule has 0 aliphatic rings. The molecule has 0 fully saturated rings. The second-order valence-electron chi connectivity index (χ2n) is 2.89. The molecule has 0 aliphatic carbocycles. The summed E-state index contributed by atoms with van der Waals surface area (Å²) in [5.41, 5.74) is 0.872. The Kier molecular flexibility index (Phi) is 3.69. The van der Waals surface area contributed by atoms with Gasteiger partial charge in [0.05, 0.1) is 6.07 Å². The molecule has 1 rings (SSSR count). The minimum atomic E-state index is -0.375. The number of ether oxygens (including phenoxy) is 1. The molecule has 0 aliphatic heterocycles. The van der Waals surface area contributed by atoms with Crippen LogP contribution in [0.25, 0.3) is 0 Å². The van der Waals surface area contributed by atoms with E-state index in [0.717, 1.165) is 5.56 Å². The van der Waals surface area contributed by atoms with Gasteiger partial charge in [-0.25, -0.2) is 0 Å². The van der Waals surface area contributed by atoms with Crippen molar-refractivity contribution in [1.82, 2.24) is 0 Å². The van der Waals surface area contributed by atoms with E-state index >= 15 is 0 Å². The Morgan fingerprint density at radius 2 is 2.14 bits per heavy atom. The summed E-state index contributed by atoms with van der Waals surface area (Å²) in [6, 6.07) is 11.4. The average molecular weight is 189 g/mol. The van der Waals surface area contributed by atoms with Crippen molar-refractivity contribution in [3.8, 4) is 6.07 Å². The number of carbonyl (C=O) groups is 1. The van der Waals surface area contributed by atoms with Gasteiger partial charge in [-0.1, -0.05) is 30.3 Å². The first-order valence-corrected chi connectivity index (χ1v) is 4.32. The van der Waals surface area contributed by atoms with Crippen molar-refractivity contribution in [2.75, 3.05) is 6.61 Å². The summed E-state index contributed by atoms with van der Waals surface area (Å²) < 4.78 is 4.79. The first kappa shape index (κ1) is 10.3. The predicted molar refractivity (Wildman–Crippen MR) is 51.4 cm³/mol. The minimum absolute atomic E-state index is 0.121. The van der Waals surface area contributed by atoms with Crippen LogP contribution in [0, 0.1) is 11.3 Å². The zero-order valence-corrected chi connectivity index (χ0v) is 7.93. The summed E-state index contributed by atoms with van der Waals surface area (Å²) in [7, 11) is 0.